The molecule has 0 aromatic carbocycles. The maximum absolute atomic E-state index is 11.8. The van der Waals surface area contributed by atoms with Crippen molar-refractivity contribution in [3.05, 3.63) is 0 Å². The Morgan fingerprint density at radius 2 is 2.22 bits per heavy atom. The van der Waals surface area contributed by atoms with Gasteiger partial charge in [0, 0.05) is 44.1 Å². The summed E-state index contributed by atoms with van der Waals surface area (Å²) in [6.07, 6.45) is 3.73. The normalized spacial score (nSPS) is 25.9. The second-order valence-corrected chi connectivity index (χ2v) is 6.84. The summed E-state index contributed by atoms with van der Waals surface area (Å²) in [6, 6.07) is 0.237. The van der Waals surface area contributed by atoms with E-state index >= 15 is 0 Å². The lowest BCUT2D eigenvalue weighted by molar-refractivity contribution is -0.121. The van der Waals surface area contributed by atoms with Crippen molar-refractivity contribution in [3.63, 3.8) is 0 Å². The number of hydrogen-bond donors (Lipinski definition) is 2. The summed E-state index contributed by atoms with van der Waals surface area (Å²) in [5.74, 6) is 1.02. The number of likely N-dealkylation sites (tertiary alicyclic amines) is 1. The highest BCUT2D eigenvalue weighted by molar-refractivity contribution is 5.81. The molecular weight excluding hydrogens is 292 g/mol. The standard InChI is InChI=1S/C17H32N4O2/c1-4-14(3)20-15(22)6-9-19-16(18-5-2)21-10-7-17(12-21)8-11-23-13-17/h14H,4-13H2,1-3H3,(H,18,19)(H,20,22). The molecule has 0 aromatic heterocycles. The molecule has 0 bridgehead atoms. The molecule has 0 radical (unpaired) electrons. The zero-order valence-corrected chi connectivity index (χ0v) is 14.9. The predicted molar refractivity (Wildman–Crippen MR) is 92.6 cm³/mol. The highest BCUT2D eigenvalue weighted by atomic mass is 16.5. The number of nitrogens with one attached hydrogen (secondary N) is 2. The van der Waals surface area contributed by atoms with Gasteiger partial charge in [-0.05, 0) is 33.1 Å². The lowest BCUT2D eigenvalue weighted by Crippen LogP contribution is -2.41. The Kier molecular flexibility index (Phi) is 6.69. The average molecular weight is 324 g/mol. The van der Waals surface area contributed by atoms with Crippen molar-refractivity contribution >= 4 is 11.9 Å². The van der Waals surface area contributed by atoms with Crippen LogP contribution in [-0.4, -0.2) is 62.2 Å². The van der Waals surface area contributed by atoms with Crippen LogP contribution in [-0.2, 0) is 9.53 Å². The zero-order valence-electron chi connectivity index (χ0n) is 14.9. The number of guanidine groups is 1. The third-order valence-electron chi connectivity index (χ3n) is 4.88. The second kappa shape index (κ2) is 8.52. The van der Waals surface area contributed by atoms with Gasteiger partial charge in [0.05, 0.1) is 13.2 Å². The summed E-state index contributed by atoms with van der Waals surface area (Å²) in [5, 5.41) is 6.35. The van der Waals surface area contributed by atoms with Gasteiger partial charge < -0.3 is 20.3 Å². The maximum Gasteiger partial charge on any atom is 0.222 e. The molecule has 2 unspecified atom stereocenters. The van der Waals surface area contributed by atoms with Crippen LogP contribution in [0.15, 0.2) is 4.99 Å². The Labute approximate surface area is 140 Å². The summed E-state index contributed by atoms with van der Waals surface area (Å²) < 4.78 is 5.59. The van der Waals surface area contributed by atoms with Crippen LogP contribution in [0.25, 0.3) is 0 Å². The van der Waals surface area contributed by atoms with E-state index in [4.69, 9.17) is 4.74 Å². The Balaban J connectivity index is 1.84. The van der Waals surface area contributed by atoms with Crippen LogP contribution in [0.1, 0.15) is 46.5 Å². The fourth-order valence-corrected chi connectivity index (χ4v) is 3.23. The van der Waals surface area contributed by atoms with E-state index in [9.17, 15) is 4.79 Å². The third kappa shape index (κ3) is 5.09. The van der Waals surface area contributed by atoms with Crippen molar-refractivity contribution in [2.45, 2.75) is 52.5 Å². The molecule has 6 heteroatoms. The topological polar surface area (TPSA) is 66.0 Å². The molecule has 2 atom stereocenters. The summed E-state index contributed by atoms with van der Waals surface area (Å²) in [4.78, 5) is 18.8. The van der Waals surface area contributed by atoms with Crippen LogP contribution >= 0.6 is 0 Å². The van der Waals surface area contributed by atoms with Crippen molar-refractivity contribution in [2.24, 2.45) is 10.4 Å². The van der Waals surface area contributed by atoms with Crippen LogP contribution in [0.4, 0.5) is 0 Å². The molecule has 1 amide bonds. The number of hydrogen-bond acceptors (Lipinski definition) is 3. The third-order valence-corrected chi connectivity index (χ3v) is 4.88. The first-order chi connectivity index (χ1) is 11.1. The number of carbonyl (C=O) groups is 1. The maximum atomic E-state index is 11.8. The summed E-state index contributed by atoms with van der Waals surface area (Å²) in [5.41, 5.74) is 0.324. The van der Waals surface area contributed by atoms with E-state index in [1.165, 1.54) is 6.42 Å². The van der Waals surface area contributed by atoms with Crippen molar-refractivity contribution in [1.29, 1.82) is 0 Å². The van der Waals surface area contributed by atoms with Crippen molar-refractivity contribution in [3.8, 4) is 0 Å². The number of aliphatic imine (C=N–C) groups is 1. The molecular formula is C17H32N4O2. The minimum Gasteiger partial charge on any atom is -0.381 e. The van der Waals surface area contributed by atoms with Gasteiger partial charge in [-0.3, -0.25) is 9.79 Å². The minimum absolute atomic E-state index is 0.0843. The monoisotopic (exact) mass is 324 g/mol. The molecule has 2 aliphatic rings. The van der Waals surface area contributed by atoms with Crippen LogP contribution in [0.5, 0.6) is 0 Å². The first-order valence-corrected chi connectivity index (χ1v) is 8.99. The van der Waals surface area contributed by atoms with E-state index in [1.54, 1.807) is 0 Å². The van der Waals surface area contributed by atoms with Crippen molar-refractivity contribution < 1.29 is 9.53 Å². The Morgan fingerprint density at radius 3 is 2.87 bits per heavy atom. The lowest BCUT2D eigenvalue weighted by Gasteiger charge is -2.25. The molecule has 6 nitrogen and oxygen atoms in total. The first-order valence-electron chi connectivity index (χ1n) is 8.99. The number of amides is 1. The molecule has 0 saturated carbocycles. The van der Waals surface area contributed by atoms with Gasteiger partial charge in [0.2, 0.25) is 5.91 Å². The average Bonchev–Trinajstić information content (AvgIpc) is 3.17. The van der Waals surface area contributed by atoms with Crippen LogP contribution in [0, 0.1) is 5.41 Å². The molecule has 1 spiro atoms. The molecule has 2 rings (SSSR count). The molecule has 2 aliphatic heterocycles. The van der Waals surface area contributed by atoms with Gasteiger partial charge in [0.15, 0.2) is 5.96 Å². The molecule has 2 N–H and O–H groups in total. The molecule has 2 saturated heterocycles. The summed E-state index contributed by atoms with van der Waals surface area (Å²) >= 11 is 0. The quantitative estimate of drug-likeness (QED) is 0.572. The van der Waals surface area contributed by atoms with E-state index in [2.05, 4.69) is 34.4 Å². The Hall–Kier alpha value is -1.30. The summed E-state index contributed by atoms with van der Waals surface area (Å²) in [7, 11) is 0. The zero-order chi connectivity index (χ0) is 16.7. The van der Waals surface area contributed by atoms with E-state index in [0.29, 0.717) is 18.4 Å². The molecule has 2 heterocycles. The van der Waals surface area contributed by atoms with Gasteiger partial charge >= 0.3 is 0 Å². The van der Waals surface area contributed by atoms with Crippen LogP contribution in [0.3, 0.4) is 0 Å². The number of nitrogens with zero attached hydrogens (tertiary/aromatic N) is 2. The van der Waals surface area contributed by atoms with Gasteiger partial charge in [0.25, 0.3) is 0 Å². The Morgan fingerprint density at radius 1 is 1.39 bits per heavy atom. The van der Waals surface area contributed by atoms with Gasteiger partial charge in [-0.1, -0.05) is 6.92 Å². The SMILES string of the molecule is CCNC(=NCCC(=O)NC(C)CC)N1CCC2(CCOC2)C1. The fraction of sp³-hybridized carbons (Fsp3) is 0.882. The van der Waals surface area contributed by atoms with Gasteiger partial charge in [-0.25, -0.2) is 0 Å². The molecule has 0 aromatic rings. The van der Waals surface area contributed by atoms with E-state index in [1.807, 2.05) is 6.92 Å². The molecule has 2 fully saturated rings. The van der Waals surface area contributed by atoms with Crippen LogP contribution in [0.2, 0.25) is 0 Å². The highest BCUT2D eigenvalue weighted by Gasteiger charge is 2.42. The lowest BCUT2D eigenvalue weighted by atomic mass is 9.87. The number of ether oxygens (including phenoxy) is 1. The van der Waals surface area contributed by atoms with Gasteiger partial charge in [-0.2, -0.15) is 0 Å². The molecule has 0 aliphatic carbocycles. The Bertz CT molecular complexity index is 419. The van der Waals surface area contributed by atoms with E-state index < -0.39 is 0 Å². The highest BCUT2D eigenvalue weighted by Crippen LogP contribution is 2.38. The van der Waals surface area contributed by atoms with Crippen molar-refractivity contribution in [2.75, 3.05) is 39.4 Å². The molecule has 23 heavy (non-hydrogen) atoms. The smallest absolute Gasteiger partial charge is 0.222 e. The largest absolute Gasteiger partial charge is 0.381 e. The van der Waals surface area contributed by atoms with E-state index in [0.717, 1.165) is 51.6 Å². The van der Waals surface area contributed by atoms with Gasteiger partial charge in [-0.15, -0.1) is 0 Å². The number of rotatable bonds is 6. The predicted octanol–water partition coefficient (Wildman–Crippen LogP) is 1.37. The molecule has 132 valence electrons. The number of carbonyl (C=O) groups excluding carboxylic acids is 1. The first kappa shape index (κ1) is 18.0. The van der Waals surface area contributed by atoms with Crippen LogP contribution < -0.4 is 10.6 Å². The fourth-order valence-electron chi connectivity index (χ4n) is 3.23. The summed E-state index contributed by atoms with van der Waals surface area (Å²) in [6.45, 7) is 11.3. The second-order valence-electron chi connectivity index (χ2n) is 6.84. The van der Waals surface area contributed by atoms with Crippen molar-refractivity contribution in [1.82, 2.24) is 15.5 Å². The van der Waals surface area contributed by atoms with Gasteiger partial charge in [0.1, 0.15) is 0 Å². The minimum atomic E-state index is 0.0843. The van der Waals surface area contributed by atoms with E-state index in [-0.39, 0.29) is 11.9 Å².